The highest BCUT2D eigenvalue weighted by Gasteiger charge is 2.13. The Labute approximate surface area is 126 Å². The quantitative estimate of drug-likeness (QED) is 0.493. The normalized spacial score (nSPS) is 11.7. The van der Waals surface area contributed by atoms with Crippen LogP contribution in [-0.2, 0) is 0 Å². The second-order valence-corrected chi connectivity index (χ2v) is 5.29. The summed E-state index contributed by atoms with van der Waals surface area (Å²) in [6, 6.07) is 6.18. The number of hydrogen-bond acceptors (Lipinski definition) is 4. The summed E-state index contributed by atoms with van der Waals surface area (Å²) in [7, 11) is 0. The maximum atomic E-state index is 8.61. The molecular weight excluding hydrogens is 270 g/mol. The van der Waals surface area contributed by atoms with Crippen molar-refractivity contribution in [2.24, 2.45) is 0 Å². The SMILES string of the molecule is CCOc1ccc(C(CC)CCSC#N)cc1OCC. The molecule has 0 saturated carbocycles. The third-order valence-electron chi connectivity index (χ3n) is 3.16. The van der Waals surface area contributed by atoms with Crippen LogP contribution < -0.4 is 9.47 Å². The van der Waals surface area contributed by atoms with E-state index in [4.69, 9.17) is 14.7 Å². The van der Waals surface area contributed by atoms with E-state index in [9.17, 15) is 0 Å². The van der Waals surface area contributed by atoms with Crippen LogP contribution >= 0.6 is 11.8 Å². The molecule has 1 rings (SSSR count). The van der Waals surface area contributed by atoms with E-state index in [1.807, 2.05) is 19.9 Å². The fourth-order valence-corrected chi connectivity index (χ4v) is 2.67. The molecule has 110 valence electrons. The maximum Gasteiger partial charge on any atom is 0.161 e. The van der Waals surface area contributed by atoms with E-state index < -0.39 is 0 Å². The summed E-state index contributed by atoms with van der Waals surface area (Å²) in [6.07, 6.45) is 2.07. The van der Waals surface area contributed by atoms with Gasteiger partial charge in [-0.3, -0.25) is 0 Å². The molecule has 1 atom stereocenters. The molecule has 0 aromatic heterocycles. The molecule has 1 unspecified atom stereocenters. The molecule has 1 aromatic carbocycles. The molecule has 0 saturated heterocycles. The van der Waals surface area contributed by atoms with Crippen LogP contribution in [0.4, 0.5) is 0 Å². The zero-order valence-electron chi connectivity index (χ0n) is 12.5. The minimum Gasteiger partial charge on any atom is -0.490 e. The molecule has 0 aliphatic heterocycles. The Morgan fingerprint density at radius 2 is 1.85 bits per heavy atom. The molecule has 1 aromatic rings. The van der Waals surface area contributed by atoms with Crippen LogP contribution in [0, 0.1) is 10.7 Å². The predicted molar refractivity (Wildman–Crippen MR) is 84.5 cm³/mol. The molecule has 0 heterocycles. The van der Waals surface area contributed by atoms with Gasteiger partial charge in [0.25, 0.3) is 0 Å². The highest BCUT2D eigenvalue weighted by atomic mass is 32.2. The van der Waals surface area contributed by atoms with Crippen LogP contribution in [0.5, 0.6) is 11.5 Å². The summed E-state index contributed by atoms with van der Waals surface area (Å²) >= 11 is 1.32. The van der Waals surface area contributed by atoms with E-state index in [2.05, 4.69) is 24.5 Å². The van der Waals surface area contributed by atoms with Gasteiger partial charge in [0.05, 0.1) is 13.2 Å². The third-order valence-corrected chi connectivity index (χ3v) is 3.73. The van der Waals surface area contributed by atoms with Crippen molar-refractivity contribution in [2.75, 3.05) is 19.0 Å². The van der Waals surface area contributed by atoms with Crippen molar-refractivity contribution in [1.82, 2.24) is 0 Å². The third kappa shape index (κ3) is 4.97. The van der Waals surface area contributed by atoms with Gasteiger partial charge in [-0.2, -0.15) is 5.26 Å². The van der Waals surface area contributed by atoms with Gasteiger partial charge >= 0.3 is 0 Å². The van der Waals surface area contributed by atoms with Crippen molar-refractivity contribution in [1.29, 1.82) is 5.26 Å². The number of thioether (sulfide) groups is 1. The Morgan fingerprint density at radius 3 is 2.45 bits per heavy atom. The molecule has 0 aliphatic carbocycles. The average Bonchev–Trinajstić information content (AvgIpc) is 2.46. The van der Waals surface area contributed by atoms with E-state index in [1.54, 1.807) is 0 Å². The van der Waals surface area contributed by atoms with Crippen LogP contribution in [0.25, 0.3) is 0 Å². The molecule has 0 N–H and O–H groups in total. The maximum absolute atomic E-state index is 8.61. The standard InChI is InChI=1S/C16H23NO2S/c1-4-13(9-10-20-12-17)14-7-8-15(18-5-2)16(11-14)19-6-3/h7-8,11,13H,4-6,9-10H2,1-3H3. The van der Waals surface area contributed by atoms with Gasteiger partial charge in [0.15, 0.2) is 11.5 Å². The fourth-order valence-electron chi connectivity index (χ4n) is 2.17. The van der Waals surface area contributed by atoms with Gasteiger partial charge in [-0.05, 0) is 62.1 Å². The largest absolute Gasteiger partial charge is 0.490 e. The van der Waals surface area contributed by atoms with Crippen LogP contribution in [0.2, 0.25) is 0 Å². The van der Waals surface area contributed by atoms with Crippen LogP contribution in [0.3, 0.4) is 0 Å². The molecule has 4 heteroatoms. The highest BCUT2D eigenvalue weighted by molar-refractivity contribution is 8.03. The first-order chi connectivity index (χ1) is 9.76. The van der Waals surface area contributed by atoms with E-state index >= 15 is 0 Å². The second-order valence-electron chi connectivity index (χ2n) is 4.41. The van der Waals surface area contributed by atoms with E-state index in [-0.39, 0.29) is 0 Å². The van der Waals surface area contributed by atoms with Gasteiger partial charge in [-0.15, -0.1) is 0 Å². The molecule has 0 fully saturated rings. The number of nitrogens with zero attached hydrogens (tertiary/aromatic N) is 1. The van der Waals surface area contributed by atoms with Gasteiger partial charge in [-0.1, -0.05) is 13.0 Å². The minimum absolute atomic E-state index is 0.464. The first-order valence-electron chi connectivity index (χ1n) is 7.17. The molecule has 20 heavy (non-hydrogen) atoms. The van der Waals surface area contributed by atoms with Crippen LogP contribution in [0.15, 0.2) is 18.2 Å². The van der Waals surface area contributed by atoms with Crippen molar-refractivity contribution >= 4 is 11.8 Å². The average molecular weight is 293 g/mol. The van der Waals surface area contributed by atoms with Gasteiger partial charge < -0.3 is 9.47 Å². The highest BCUT2D eigenvalue weighted by Crippen LogP contribution is 2.34. The number of hydrogen-bond donors (Lipinski definition) is 0. The fraction of sp³-hybridized carbons (Fsp3) is 0.562. The number of nitriles is 1. The zero-order chi connectivity index (χ0) is 14.8. The van der Waals surface area contributed by atoms with Gasteiger partial charge in [-0.25, -0.2) is 0 Å². The second kappa shape index (κ2) is 9.55. The van der Waals surface area contributed by atoms with E-state index in [1.165, 1.54) is 17.3 Å². The Kier molecular flexibility index (Phi) is 7.98. The summed E-state index contributed by atoms with van der Waals surface area (Å²) in [5.41, 5.74) is 1.26. The number of thiocyanates is 1. The van der Waals surface area contributed by atoms with Gasteiger partial charge in [0, 0.05) is 5.75 Å². The first-order valence-corrected chi connectivity index (χ1v) is 8.15. The summed E-state index contributed by atoms with van der Waals surface area (Å²) < 4.78 is 11.3. The molecule has 0 radical (unpaired) electrons. The minimum atomic E-state index is 0.464. The summed E-state index contributed by atoms with van der Waals surface area (Å²) in [6.45, 7) is 7.39. The number of ether oxygens (including phenoxy) is 2. The molecule has 0 amide bonds. The summed E-state index contributed by atoms with van der Waals surface area (Å²) in [5, 5.41) is 10.7. The van der Waals surface area contributed by atoms with Crippen LogP contribution in [0.1, 0.15) is 45.1 Å². The van der Waals surface area contributed by atoms with Gasteiger partial charge in [0.2, 0.25) is 0 Å². The van der Waals surface area contributed by atoms with Crippen LogP contribution in [-0.4, -0.2) is 19.0 Å². The molecular formula is C16H23NO2S. The van der Waals surface area contributed by atoms with Gasteiger partial charge in [0.1, 0.15) is 5.40 Å². The predicted octanol–water partition coefficient (Wildman–Crippen LogP) is 4.58. The summed E-state index contributed by atoms with van der Waals surface area (Å²) in [4.78, 5) is 0. The molecule has 0 spiro atoms. The van der Waals surface area contributed by atoms with Crippen molar-refractivity contribution in [2.45, 2.75) is 39.5 Å². The van der Waals surface area contributed by atoms with E-state index in [0.717, 1.165) is 30.1 Å². The number of rotatable bonds is 9. The Hall–Kier alpha value is -1.34. The smallest absolute Gasteiger partial charge is 0.161 e. The molecule has 0 aliphatic rings. The molecule has 3 nitrogen and oxygen atoms in total. The van der Waals surface area contributed by atoms with Crippen molar-refractivity contribution in [3.8, 4) is 16.9 Å². The summed E-state index contributed by atoms with van der Waals surface area (Å²) in [5.74, 6) is 2.95. The van der Waals surface area contributed by atoms with E-state index in [0.29, 0.717) is 19.1 Å². The molecule has 0 bridgehead atoms. The Morgan fingerprint density at radius 1 is 1.15 bits per heavy atom. The topological polar surface area (TPSA) is 42.2 Å². The Balaban J connectivity index is 2.87. The lowest BCUT2D eigenvalue weighted by Gasteiger charge is -2.17. The number of benzene rings is 1. The monoisotopic (exact) mass is 293 g/mol. The first kappa shape index (κ1) is 16.7. The lowest BCUT2D eigenvalue weighted by molar-refractivity contribution is 0.287. The lowest BCUT2D eigenvalue weighted by Crippen LogP contribution is -2.03. The Bertz CT molecular complexity index is 443. The van der Waals surface area contributed by atoms with Crippen molar-refractivity contribution in [3.05, 3.63) is 23.8 Å². The zero-order valence-corrected chi connectivity index (χ0v) is 13.3. The van der Waals surface area contributed by atoms with Crippen molar-refractivity contribution < 1.29 is 9.47 Å². The van der Waals surface area contributed by atoms with Crippen molar-refractivity contribution in [3.63, 3.8) is 0 Å². The lowest BCUT2D eigenvalue weighted by atomic mass is 9.93.